The number of carbonyl (C=O) groups excluding carboxylic acids is 3. The van der Waals surface area contributed by atoms with Gasteiger partial charge in [0, 0.05) is 55.9 Å². The molecule has 0 bridgehead atoms. The van der Waals surface area contributed by atoms with Crippen LogP contribution in [0.25, 0.3) is 22.0 Å². The minimum Gasteiger partial charge on any atom is -0.443 e. The van der Waals surface area contributed by atoms with E-state index in [1.165, 1.54) is 10.5 Å². The van der Waals surface area contributed by atoms with E-state index in [2.05, 4.69) is 12.1 Å². The van der Waals surface area contributed by atoms with Crippen LogP contribution < -0.4 is 0 Å². The molecule has 2 aromatic carbocycles. The number of pyridine rings is 1. The third-order valence-corrected chi connectivity index (χ3v) is 7.55. The second kappa shape index (κ2) is 11.0. The molecule has 0 aliphatic carbocycles. The van der Waals surface area contributed by atoms with E-state index >= 15 is 0 Å². The number of benzene rings is 2. The molecular weight excluding hydrogens is 506 g/mol. The molecule has 5 rings (SSSR count). The van der Waals surface area contributed by atoms with E-state index in [9.17, 15) is 14.4 Å². The van der Waals surface area contributed by atoms with Gasteiger partial charge < -0.3 is 14.4 Å². The van der Waals surface area contributed by atoms with Crippen LogP contribution >= 0.6 is 0 Å². The van der Waals surface area contributed by atoms with Crippen molar-refractivity contribution in [2.75, 3.05) is 19.8 Å². The minimum atomic E-state index is -0.733. The van der Waals surface area contributed by atoms with Gasteiger partial charge in [-0.05, 0) is 93.5 Å². The lowest BCUT2D eigenvalue weighted by atomic mass is 9.88. The molecule has 2 aliphatic rings. The summed E-state index contributed by atoms with van der Waals surface area (Å²) in [6, 6.07) is 13.4. The molecule has 40 heavy (non-hydrogen) atoms. The van der Waals surface area contributed by atoms with Crippen LogP contribution in [0.5, 0.6) is 0 Å². The van der Waals surface area contributed by atoms with Crippen molar-refractivity contribution >= 4 is 28.8 Å². The molecule has 3 heterocycles. The van der Waals surface area contributed by atoms with Gasteiger partial charge in [-0.2, -0.15) is 0 Å². The highest BCUT2D eigenvalue weighted by Gasteiger charge is 2.35. The van der Waals surface area contributed by atoms with Gasteiger partial charge in [0.15, 0.2) is 0 Å². The van der Waals surface area contributed by atoms with E-state index in [0.29, 0.717) is 44.7 Å². The summed E-state index contributed by atoms with van der Waals surface area (Å²) in [7, 11) is 0. The summed E-state index contributed by atoms with van der Waals surface area (Å²) in [6.45, 7) is 11.2. The summed E-state index contributed by atoms with van der Waals surface area (Å²) in [5.41, 5.74) is 5.73. The van der Waals surface area contributed by atoms with Gasteiger partial charge in [-0.25, -0.2) is 9.69 Å². The zero-order valence-electron chi connectivity index (χ0n) is 24.0. The van der Waals surface area contributed by atoms with Crippen LogP contribution in [0.3, 0.4) is 0 Å². The number of carbonyl (C=O) groups is 3. The largest absolute Gasteiger partial charge is 0.443 e. The van der Waals surface area contributed by atoms with Gasteiger partial charge in [0.25, 0.3) is 5.91 Å². The number of fused-ring (bicyclic) bond motifs is 2. The molecule has 0 spiro atoms. The average Bonchev–Trinajstić information content (AvgIpc) is 2.91. The Hall–Kier alpha value is -3.78. The fraction of sp³-hybridized carbons (Fsp3) is 0.438. The summed E-state index contributed by atoms with van der Waals surface area (Å²) in [5.74, 6) is -0.315. The Balaban J connectivity index is 1.58. The Morgan fingerprint density at radius 3 is 2.50 bits per heavy atom. The molecule has 1 saturated heterocycles. The Bertz CT molecular complexity index is 1470. The van der Waals surface area contributed by atoms with E-state index in [1.807, 2.05) is 36.1 Å². The quantitative estimate of drug-likeness (QED) is 0.423. The number of hydrogen-bond donors (Lipinski definition) is 0. The number of aromatic nitrogens is 1. The lowest BCUT2D eigenvalue weighted by molar-refractivity contribution is -0.129. The van der Waals surface area contributed by atoms with E-state index in [-0.39, 0.29) is 17.9 Å². The van der Waals surface area contributed by atoms with Crippen molar-refractivity contribution in [3.8, 4) is 11.1 Å². The van der Waals surface area contributed by atoms with E-state index < -0.39 is 11.7 Å². The van der Waals surface area contributed by atoms with Crippen molar-refractivity contribution in [1.82, 2.24) is 14.8 Å². The number of hydrogen-bond acceptors (Lipinski definition) is 6. The van der Waals surface area contributed by atoms with Gasteiger partial charge in [0.05, 0.1) is 5.52 Å². The molecule has 3 aromatic rings. The first kappa shape index (κ1) is 27.8. The maximum Gasteiger partial charge on any atom is 0.417 e. The van der Waals surface area contributed by atoms with Gasteiger partial charge in [0.1, 0.15) is 5.60 Å². The molecule has 0 atom stereocenters. The van der Waals surface area contributed by atoms with Crippen LogP contribution in [0.2, 0.25) is 0 Å². The Morgan fingerprint density at radius 1 is 1.05 bits per heavy atom. The first-order valence-electron chi connectivity index (χ1n) is 13.9. The maximum absolute atomic E-state index is 14.0. The summed E-state index contributed by atoms with van der Waals surface area (Å²) in [4.78, 5) is 47.2. The van der Waals surface area contributed by atoms with Crippen LogP contribution in [-0.2, 0) is 27.2 Å². The maximum atomic E-state index is 14.0. The lowest BCUT2D eigenvalue weighted by Gasteiger charge is -2.34. The third-order valence-electron chi connectivity index (χ3n) is 7.55. The number of nitrogens with zero attached hydrogens (tertiary/aromatic N) is 3. The van der Waals surface area contributed by atoms with Crippen molar-refractivity contribution in [2.45, 2.75) is 72.1 Å². The second-order valence-corrected chi connectivity index (χ2v) is 11.7. The predicted octanol–water partition coefficient (Wildman–Crippen LogP) is 5.67. The van der Waals surface area contributed by atoms with Crippen molar-refractivity contribution in [3.63, 3.8) is 0 Å². The predicted molar refractivity (Wildman–Crippen MR) is 153 cm³/mol. The lowest BCUT2D eigenvalue weighted by Crippen LogP contribution is -2.49. The highest BCUT2D eigenvalue weighted by Crippen LogP contribution is 2.36. The van der Waals surface area contributed by atoms with Crippen molar-refractivity contribution in [1.29, 1.82) is 0 Å². The first-order chi connectivity index (χ1) is 19.0. The molecule has 2 aliphatic heterocycles. The van der Waals surface area contributed by atoms with E-state index in [4.69, 9.17) is 14.5 Å². The van der Waals surface area contributed by atoms with Crippen molar-refractivity contribution in [2.24, 2.45) is 0 Å². The topological polar surface area (TPSA) is 89.0 Å². The monoisotopic (exact) mass is 543 g/mol. The summed E-state index contributed by atoms with van der Waals surface area (Å²) < 4.78 is 11.2. The summed E-state index contributed by atoms with van der Waals surface area (Å²) in [5, 5.41) is 0.843. The average molecular weight is 544 g/mol. The summed E-state index contributed by atoms with van der Waals surface area (Å²) >= 11 is 0. The molecule has 1 fully saturated rings. The standard InChI is InChI=1S/C32H37N3O5/c1-20-17-27(26-8-6-7-23-19-34(21(2)36)14-11-25(23)26)28-18-22(9-10-29(28)33-20)30(37)35(24-12-15-39-16-13-24)31(38)40-32(3,4)5/h6-10,17-18,24H,11-16,19H2,1-5H3. The smallest absolute Gasteiger partial charge is 0.417 e. The number of imide groups is 1. The van der Waals surface area contributed by atoms with Gasteiger partial charge >= 0.3 is 6.09 Å². The Morgan fingerprint density at radius 2 is 1.80 bits per heavy atom. The molecule has 1 aromatic heterocycles. The Labute approximate surface area is 235 Å². The van der Waals surface area contributed by atoms with Crippen molar-refractivity contribution in [3.05, 3.63) is 64.8 Å². The zero-order chi connectivity index (χ0) is 28.6. The minimum absolute atomic E-state index is 0.0727. The fourth-order valence-electron chi connectivity index (χ4n) is 5.64. The first-order valence-corrected chi connectivity index (χ1v) is 13.9. The van der Waals surface area contributed by atoms with Gasteiger partial charge in [0.2, 0.25) is 5.91 Å². The molecule has 8 heteroatoms. The molecule has 3 amide bonds. The number of aryl methyl sites for hydroxylation is 1. The zero-order valence-corrected chi connectivity index (χ0v) is 24.0. The van der Waals surface area contributed by atoms with E-state index in [1.54, 1.807) is 33.8 Å². The molecule has 8 nitrogen and oxygen atoms in total. The molecule has 0 unspecified atom stereocenters. The van der Waals surface area contributed by atoms with Gasteiger partial charge in [-0.1, -0.05) is 18.2 Å². The summed E-state index contributed by atoms with van der Waals surface area (Å²) in [6.07, 6.45) is 1.25. The van der Waals surface area contributed by atoms with Crippen LogP contribution in [0.15, 0.2) is 42.5 Å². The third kappa shape index (κ3) is 5.72. The molecule has 210 valence electrons. The normalized spacial score (nSPS) is 16.0. The number of ether oxygens (including phenoxy) is 2. The van der Waals surface area contributed by atoms with Crippen LogP contribution in [0.4, 0.5) is 4.79 Å². The van der Waals surface area contributed by atoms with Gasteiger partial charge in [-0.3, -0.25) is 14.6 Å². The fourth-order valence-corrected chi connectivity index (χ4v) is 5.64. The van der Waals surface area contributed by atoms with Crippen LogP contribution in [-0.4, -0.2) is 64.1 Å². The van der Waals surface area contributed by atoms with Crippen LogP contribution in [0.1, 0.15) is 67.7 Å². The SMILES string of the molecule is CC(=O)N1CCc2c(cccc2-c2cc(C)nc3ccc(C(=O)N(C(=O)OC(C)(C)C)C4CCOCC4)cc23)C1. The molecule has 0 saturated carbocycles. The van der Waals surface area contributed by atoms with Gasteiger partial charge in [-0.15, -0.1) is 0 Å². The highest BCUT2D eigenvalue weighted by atomic mass is 16.6. The highest BCUT2D eigenvalue weighted by molar-refractivity contribution is 6.07. The molecule has 0 radical (unpaired) electrons. The second-order valence-electron chi connectivity index (χ2n) is 11.7. The van der Waals surface area contributed by atoms with E-state index in [0.717, 1.165) is 39.7 Å². The van der Waals surface area contributed by atoms with Crippen molar-refractivity contribution < 1.29 is 23.9 Å². The molecular formula is C32H37N3O5. The van der Waals surface area contributed by atoms with Crippen LogP contribution in [0, 0.1) is 6.92 Å². The number of rotatable bonds is 3. The Kier molecular flexibility index (Phi) is 7.64. The number of amides is 3. The molecule has 0 N–H and O–H groups in total.